The summed E-state index contributed by atoms with van der Waals surface area (Å²) in [4.78, 5) is 14.4. The molecule has 24 heavy (non-hydrogen) atoms. The Morgan fingerprint density at radius 2 is 2.12 bits per heavy atom. The van der Waals surface area contributed by atoms with Crippen molar-refractivity contribution in [3.8, 4) is 5.75 Å². The lowest BCUT2D eigenvalue weighted by Gasteiger charge is -2.36. The van der Waals surface area contributed by atoms with Gasteiger partial charge < -0.3 is 14.8 Å². The molecule has 1 unspecified atom stereocenters. The number of morpholine rings is 1. The van der Waals surface area contributed by atoms with E-state index < -0.39 is 0 Å². The van der Waals surface area contributed by atoms with E-state index in [9.17, 15) is 9.18 Å². The van der Waals surface area contributed by atoms with Crippen molar-refractivity contribution in [2.75, 3.05) is 39.5 Å². The minimum atomic E-state index is -0.357. The van der Waals surface area contributed by atoms with Crippen molar-refractivity contribution < 1.29 is 18.7 Å². The van der Waals surface area contributed by atoms with Gasteiger partial charge >= 0.3 is 0 Å². The van der Waals surface area contributed by atoms with Crippen LogP contribution < -0.4 is 10.1 Å². The monoisotopic (exact) mass is 402 g/mol. The second-order valence-corrected chi connectivity index (χ2v) is 6.98. The second-order valence-electron chi connectivity index (χ2n) is 6.13. The Labute approximate surface area is 150 Å². The van der Waals surface area contributed by atoms with Crippen molar-refractivity contribution >= 4 is 21.8 Å². The molecule has 0 saturated carbocycles. The summed E-state index contributed by atoms with van der Waals surface area (Å²) >= 11 is 3.22. The lowest BCUT2D eigenvalue weighted by molar-refractivity contribution is -0.123. The summed E-state index contributed by atoms with van der Waals surface area (Å²) in [7, 11) is 0. The SMILES string of the molecule is CC(C)C(CNC(=O)COc1ccc(F)cc1Br)N1CCOCC1. The first-order chi connectivity index (χ1) is 11.5. The van der Waals surface area contributed by atoms with Gasteiger partial charge in [-0.2, -0.15) is 0 Å². The maximum atomic E-state index is 13.0. The summed E-state index contributed by atoms with van der Waals surface area (Å²) in [5.41, 5.74) is 0. The lowest BCUT2D eigenvalue weighted by Crippen LogP contribution is -2.51. The van der Waals surface area contributed by atoms with E-state index in [0.717, 1.165) is 26.3 Å². The Kier molecular flexibility index (Phi) is 7.45. The Bertz CT molecular complexity index is 551. The van der Waals surface area contributed by atoms with Crippen LogP contribution in [0.4, 0.5) is 4.39 Å². The van der Waals surface area contributed by atoms with Crippen LogP contribution in [0.2, 0.25) is 0 Å². The Hall–Kier alpha value is -1.18. The summed E-state index contributed by atoms with van der Waals surface area (Å²) in [6.45, 7) is 8.02. The minimum absolute atomic E-state index is 0.0990. The average Bonchev–Trinajstić information content (AvgIpc) is 2.55. The van der Waals surface area contributed by atoms with Crippen LogP contribution in [0.15, 0.2) is 22.7 Å². The first-order valence-electron chi connectivity index (χ1n) is 8.13. The summed E-state index contributed by atoms with van der Waals surface area (Å²) in [6, 6.07) is 4.37. The van der Waals surface area contributed by atoms with Gasteiger partial charge in [0.15, 0.2) is 6.61 Å². The van der Waals surface area contributed by atoms with Crippen molar-refractivity contribution in [3.63, 3.8) is 0 Å². The van der Waals surface area contributed by atoms with Gasteiger partial charge in [0.25, 0.3) is 5.91 Å². The molecule has 1 aromatic rings. The molecule has 0 bridgehead atoms. The second kappa shape index (κ2) is 9.34. The van der Waals surface area contributed by atoms with E-state index in [1.165, 1.54) is 18.2 Å². The van der Waals surface area contributed by atoms with Crippen molar-refractivity contribution in [1.82, 2.24) is 10.2 Å². The number of nitrogens with one attached hydrogen (secondary N) is 1. The number of amides is 1. The zero-order chi connectivity index (χ0) is 17.5. The molecule has 1 fully saturated rings. The largest absolute Gasteiger partial charge is 0.483 e. The van der Waals surface area contributed by atoms with Gasteiger partial charge in [0.2, 0.25) is 0 Å². The molecule has 1 aromatic carbocycles. The van der Waals surface area contributed by atoms with E-state index in [2.05, 4.69) is 40.0 Å². The third kappa shape index (κ3) is 5.72. The Balaban J connectivity index is 1.80. The van der Waals surface area contributed by atoms with Crippen molar-refractivity contribution in [2.24, 2.45) is 5.92 Å². The molecule has 2 rings (SSSR count). The van der Waals surface area contributed by atoms with Crippen LogP contribution in [0.5, 0.6) is 5.75 Å². The number of halogens is 2. The van der Waals surface area contributed by atoms with Crippen LogP contribution in [-0.4, -0.2) is 56.3 Å². The number of ether oxygens (including phenoxy) is 2. The molecule has 1 aliphatic rings. The summed E-state index contributed by atoms with van der Waals surface area (Å²) < 4.78 is 24.3. The quantitative estimate of drug-likeness (QED) is 0.760. The van der Waals surface area contributed by atoms with Crippen molar-refractivity contribution in [3.05, 3.63) is 28.5 Å². The fourth-order valence-electron chi connectivity index (χ4n) is 2.70. The van der Waals surface area contributed by atoms with Crippen LogP contribution in [-0.2, 0) is 9.53 Å². The zero-order valence-electron chi connectivity index (χ0n) is 14.1. The topological polar surface area (TPSA) is 50.8 Å². The van der Waals surface area contributed by atoms with E-state index in [-0.39, 0.29) is 24.4 Å². The van der Waals surface area contributed by atoms with Gasteiger partial charge in [0.05, 0.1) is 17.7 Å². The number of carbonyl (C=O) groups is 1. The van der Waals surface area contributed by atoms with Crippen LogP contribution in [0, 0.1) is 11.7 Å². The molecule has 7 heteroatoms. The Morgan fingerprint density at radius 3 is 2.75 bits per heavy atom. The number of nitrogens with zero attached hydrogens (tertiary/aromatic N) is 1. The highest BCUT2D eigenvalue weighted by molar-refractivity contribution is 9.10. The first-order valence-corrected chi connectivity index (χ1v) is 8.93. The van der Waals surface area contributed by atoms with Gasteiger partial charge in [0.1, 0.15) is 11.6 Å². The molecule has 1 amide bonds. The lowest BCUT2D eigenvalue weighted by atomic mass is 10.0. The normalized spacial score (nSPS) is 16.9. The molecule has 0 radical (unpaired) electrons. The van der Waals surface area contributed by atoms with Gasteiger partial charge in [-0.25, -0.2) is 4.39 Å². The van der Waals surface area contributed by atoms with Crippen LogP contribution in [0.3, 0.4) is 0 Å². The van der Waals surface area contributed by atoms with Gasteiger partial charge in [0, 0.05) is 25.7 Å². The molecule has 1 aliphatic heterocycles. The number of carbonyl (C=O) groups excluding carboxylic acids is 1. The predicted molar refractivity (Wildman–Crippen MR) is 93.6 cm³/mol. The smallest absolute Gasteiger partial charge is 0.257 e. The Morgan fingerprint density at radius 1 is 1.42 bits per heavy atom. The van der Waals surface area contributed by atoms with Crippen molar-refractivity contribution in [1.29, 1.82) is 0 Å². The number of rotatable bonds is 7. The molecule has 5 nitrogen and oxygen atoms in total. The maximum Gasteiger partial charge on any atom is 0.257 e. The fraction of sp³-hybridized carbons (Fsp3) is 0.588. The minimum Gasteiger partial charge on any atom is -0.483 e. The molecule has 1 N–H and O–H groups in total. The molecule has 0 aliphatic carbocycles. The maximum absolute atomic E-state index is 13.0. The number of benzene rings is 1. The summed E-state index contributed by atoms with van der Waals surface area (Å²) in [5, 5.41) is 2.93. The summed E-state index contributed by atoms with van der Waals surface area (Å²) in [5.74, 6) is 0.324. The molecule has 0 spiro atoms. The number of hydrogen-bond acceptors (Lipinski definition) is 4. The highest BCUT2D eigenvalue weighted by atomic mass is 79.9. The van der Waals surface area contributed by atoms with E-state index in [0.29, 0.717) is 22.7 Å². The average molecular weight is 403 g/mol. The van der Waals surface area contributed by atoms with E-state index in [1.54, 1.807) is 0 Å². The molecule has 1 atom stereocenters. The van der Waals surface area contributed by atoms with E-state index >= 15 is 0 Å². The molecule has 134 valence electrons. The third-order valence-corrected chi connectivity index (χ3v) is 4.67. The van der Waals surface area contributed by atoms with Gasteiger partial charge in [-0.05, 0) is 40.0 Å². The van der Waals surface area contributed by atoms with Crippen LogP contribution in [0.25, 0.3) is 0 Å². The third-order valence-electron chi connectivity index (χ3n) is 4.05. The molecular weight excluding hydrogens is 379 g/mol. The molecular formula is C17H24BrFN2O3. The van der Waals surface area contributed by atoms with E-state index in [4.69, 9.17) is 9.47 Å². The van der Waals surface area contributed by atoms with E-state index in [1.807, 2.05) is 0 Å². The molecule has 1 heterocycles. The van der Waals surface area contributed by atoms with Gasteiger partial charge in [-0.3, -0.25) is 9.69 Å². The van der Waals surface area contributed by atoms with Crippen LogP contribution in [0.1, 0.15) is 13.8 Å². The van der Waals surface area contributed by atoms with Crippen LogP contribution >= 0.6 is 15.9 Å². The zero-order valence-corrected chi connectivity index (χ0v) is 15.6. The highest BCUT2D eigenvalue weighted by Crippen LogP contribution is 2.25. The summed E-state index contributed by atoms with van der Waals surface area (Å²) in [6.07, 6.45) is 0. The molecule has 1 saturated heterocycles. The highest BCUT2D eigenvalue weighted by Gasteiger charge is 2.24. The van der Waals surface area contributed by atoms with Gasteiger partial charge in [-0.1, -0.05) is 13.8 Å². The fourth-order valence-corrected chi connectivity index (χ4v) is 3.17. The number of hydrogen-bond donors (Lipinski definition) is 1. The predicted octanol–water partition coefficient (Wildman–Crippen LogP) is 2.44. The molecule has 0 aromatic heterocycles. The van der Waals surface area contributed by atoms with Gasteiger partial charge in [-0.15, -0.1) is 0 Å². The first kappa shape index (κ1) is 19.1. The van der Waals surface area contributed by atoms with Crippen molar-refractivity contribution in [2.45, 2.75) is 19.9 Å². The standard InChI is InChI=1S/C17H24BrFN2O3/c1-12(2)15(21-5-7-23-8-6-21)10-20-17(22)11-24-16-4-3-13(19)9-14(16)18/h3-4,9,12,15H,5-8,10-11H2,1-2H3,(H,20,22).